The minimum Gasteiger partial charge on any atom is -0.353 e. The Labute approximate surface area is 125 Å². The molecule has 3 heterocycles. The summed E-state index contributed by atoms with van der Waals surface area (Å²) < 4.78 is 1.45. The van der Waals surface area contributed by atoms with Crippen molar-refractivity contribution in [3.8, 4) is 5.95 Å². The number of hydrogen-bond donors (Lipinski definition) is 1. The monoisotopic (exact) mass is 311 g/mol. The SMILES string of the molecule is Clc1nc(NCC2CCCCS2)nc(-n2cncn2)n1. The molecule has 1 fully saturated rings. The average molecular weight is 312 g/mol. The summed E-state index contributed by atoms with van der Waals surface area (Å²) in [4.78, 5) is 16.3. The van der Waals surface area contributed by atoms with Crippen LogP contribution in [0.5, 0.6) is 0 Å². The van der Waals surface area contributed by atoms with E-state index in [1.807, 2.05) is 11.8 Å². The highest BCUT2D eigenvalue weighted by Gasteiger charge is 2.14. The summed E-state index contributed by atoms with van der Waals surface area (Å²) in [5.41, 5.74) is 0. The molecule has 1 aliphatic heterocycles. The Bertz CT molecular complexity index is 556. The number of aromatic nitrogens is 6. The van der Waals surface area contributed by atoms with Crippen molar-refractivity contribution in [3.63, 3.8) is 0 Å². The first-order chi connectivity index (χ1) is 9.81. The van der Waals surface area contributed by atoms with Gasteiger partial charge in [0.15, 0.2) is 0 Å². The summed E-state index contributed by atoms with van der Waals surface area (Å²) >= 11 is 7.91. The largest absolute Gasteiger partial charge is 0.353 e. The van der Waals surface area contributed by atoms with Crippen LogP contribution in [0, 0.1) is 0 Å². The van der Waals surface area contributed by atoms with Gasteiger partial charge in [0.25, 0.3) is 5.95 Å². The zero-order chi connectivity index (χ0) is 13.8. The van der Waals surface area contributed by atoms with E-state index in [0.29, 0.717) is 17.1 Å². The molecule has 106 valence electrons. The minimum absolute atomic E-state index is 0.143. The van der Waals surface area contributed by atoms with Crippen molar-refractivity contribution in [2.45, 2.75) is 24.5 Å². The van der Waals surface area contributed by atoms with Gasteiger partial charge in [-0.2, -0.15) is 36.5 Å². The number of hydrogen-bond acceptors (Lipinski definition) is 7. The Morgan fingerprint density at radius 2 is 2.30 bits per heavy atom. The van der Waals surface area contributed by atoms with Crippen molar-refractivity contribution in [3.05, 3.63) is 17.9 Å². The molecular formula is C11H14ClN7S. The van der Waals surface area contributed by atoms with E-state index in [0.717, 1.165) is 6.54 Å². The summed E-state index contributed by atoms with van der Waals surface area (Å²) in [6.45, 7) is 0.835. The minimum atomic E-state index is 0.143. The Kier molecular flexibility index (Phi) is 4.31. The van der Waals surface area contributed by atoms with Gasteiger partial charge in [0, 0.05) is 11.8 Å². The van der Waals surface area contributed by atoms with Crippen LogP contribution in [0.3, 0.4) is 0 Å². The highest BCUT2D eigenvalue weighted by atomic mass is 35.5. The molecule has 0 spiro atoms. The van der Waals surface area contributed by atoms with Crippen LogP contribution < -0.4 is 5.32 Å². The maximum Gasteiger partial charge on any atom is 0.258 e. The van der Waals surface area contributed by atoms with Gasteiger partial charge in [0.2, 0.25) is 11.2 Å². The third-order valence-corrected chi connectivity index (χ3v) is 4.55. The van der Waals surface area contributed by atoms with Crippen molar-refractivity contribution in [1.29, 1.82) is 0 Å². The van der Waals surface area contributed by atoms with Crippen LogP contribution >= 0.6 is 23.4 Å². The van der Waals surface area contributed by atoms with Crippen LogP contribution in [0.4, 0.5) is 5.95 Å². The Morgan fingerprint density at radius 1 is 1.35 bits per heavy atom. The van der Waals surface area contributed by atoms with E-state index in [-0.39, 0.29) is 5.28 Å². The third kappa shape index (κ3) is 3.37. The van der Waals surface area contributed by atoms with Crippen molar-refractivity contribution in [2.24, 2.45) is 0 Å². The van der Waals surface area contributed by atoms with E-state index >= 15 is 0 Å². The second-order valence-electron chi connectivity index (χ2n) is 4.44. The summed E-state index contributed by atoms with van der Waals surface area (Å²) in [5.74, 6) is 2.07. The van der Waals surface area contributed by atoms with E-state index < -0.39 is 0 Å². The smallest absolute Gasteiger partial charge is 0.258 e. The molecular weight excluding hydrogens is 298 g/mol. The third-order valence-electron chi connectivity index (χ3n) is 2.98. The molecule has 2 aromatic heterocycles. The molecule has 0 amide bonds. The van der Waals surface area contributed by atoms with Gasteiger partial charge in [-0.1, -0.05) is 6.42 Å². The molecule has 1 N–H and O–H groups in total. The van der Waals surface area contributed by atoms with Gasteiger partial charge in [0.1, 0.15) is 12.7 Å². The maximum absolute atomic E-state index is 5.92. The molecule has 1 unspecified atom stereocenters. The van der Waals surface area contributed by atoms with Gasteiger partial charge in [-0.25, -0.2) is 4.98 Å². The van der Waals surface area contributed by atoms with Crippen molar-refractivity contribution in [1.82, 2.24) is 29.7 Å². The molecule has 0 bridgehead atoms. The second kappa shape index (κ2) is 6.36. The lowest BCUT2D eigenvalue weighted by atomic mass is 10.2. The summed E-state index contributed by atoms with van der Waals surface area (Å²) in [6, 6.07) is 0. The van der Waals surface area contributed by atoms with Crippen LogP contribution in [-0.2, 0) is 0 Å². The summed E-state index contributed by atoms with van der Waals surface area (Å²) in [6.07, 6.45) is 6.78. The van der Waals surface area contributed by atoms with Crippen molar-refractivity contribution in [2.75, 3.05) is 17.6 Å². The lowest BCUT2D eigenvalue weighted by Crippen LogP contribution is -2.21. The molecule has 3 rings (SSSR count). The van der Waals surface area contributed by atoms with Gasteiger partial charge in [-0.05, 0) is 30.2 Å². The molecule has 0 radical (unpaired) electrons. The van der Waals surface area contributed by atoms with E-state index in [9.17, 15) is 0 Å². The molecule has 0 saturated carbocycles. The Morgan fingerprint density at radius 3 is 3.05 bits per heavy atom. The fourth-order valence-electron chi connectivity index (χ4n) is 2.01. The number of nitrogens with one attached hydrogen (secondary N) is 1. The highest BCUT2D eigenvalue weighted by Crippen LogP contribution is 2.25. The topological polar surface area (TPSA) is 81.4 Å². The van der Waals surface area contributed by atoms with Gasteiger partial charge >= 0.3 is 0 Å². The first-order valence-electron chi connectivity index (χ1n) is 6.43. The number of rotatable bonds is 4. The summed E-state index contributed by atoms with van der Waals surface area (Å²) in [7, 11) is 0. The van der Waals surface area contributed by atoms with E-state index in [1.165, 1.54) is 42.4 Å². The molecule has 20 heavy (non-hydrogen) atoms. The zero-order valence-corrected chi connectivity index (χ0v) is 12.3. The standard InChI is InChI=1S/C11H14ClN7S/c12-9-16-10(14-5-8-3-1-2-4-20-8)18-11(17-9)19-7-13-6-15-19/h6-8H,1-5H2,(H,14,16,17,18). The summed E-state index contributed by atoms with van der Waals surface area (Å²) in [5, 5.41) is 7.96. The maximum atomic E-state index is 5.92. The van der Waals surface area contributed by atoms with Gasteiger partial charge in [0.05, 0.1) is 0 Å². The normalized spacial score (nSPS) is 18.9. The second-order valence-corrected chi connectivity index (χ2v) is 6.18. The van der Waals surface area contributed by atoms with Crippen LogP contribution in [0.2, 0.25) is 5.28 Å². The molecule has 1 aliphatic rings. The molecule has 0 aliphatic carbocycles. The lowest BCUT2D eigenvalue weighted by Gasteiger charge is -2.21. The molecule has 1 saturated heterocycles. The Balaban J connectivity index is 1.69. The molecule has 7 nitrogen and oxygen atoms in total. The van der Waals surface area contributed by atoms with Crippen molar-refractivity contribution >= 4 is 29.3 Å². The van der Waals surface area contributed by atoms with Gasteiger partial charge in [-0.3, -0.25) is 0 Å². The number of halogens is 1. The van der Waals surface area contributed by atoms with Crippen LogP contribution in [0.15, 0.2) is 12.7 Å². The number of nitrogens with zero attached hydrogens (tertiary/aromatic N) is 6. The van der Waals surface area contributed by atoms with E-state index in [2.05, 4.69) is 30.4 Å². The average Bonchev–Trinajstić information content (AvgIpc) is 3.00. The van der Waals surface area contributed by atoms with Crippen LogP contribution in [-0.4, -0.2) is 47.3 Å². The molecule has 1 atom stereocenters. The fraction of sp³-hybridized carbons (Fsp3) is 0.545. The zero-order valence-electron chi connectivity index (χ0n) is 10.7. The van der Waals surface area contributed by atoms with Crippen LogP contribution in [0.1, 0.15) is 19.3 Å². The lowest BCUT2D eigenvalue weighted by molar-refractivity contribution is 0.675. The van der Waals surface area contributed by atoms with Gasteiger partial charge < -0.3 is 5.32 Å². The molecule has 9 heteroatoms. The van der Waals surface area contributed by atoms with Gasteiger partial charge in [-0.15, -0.1) is 0 Å². The van der Waals surface area contributed by atoms with Crippen LogP contribution in [0.25, 0.3) is 5.95 Å². The van der Waals surface area contributed by atoms with E-state index in [1.54, 1.807) is 0 Å². The highest BCUT2D eigenvalue weighted by molar-refractivity contribution is 7.99. The quantitative estimate of drug-likeness (QED) is 0.922. The number of anilines is 1. The first kappa shape index (κ1) is 13.6. The molecule has 0 aromatic carbocycles. The molecule has 2 aromatic rings. The Hall–Kier alpha value is -1.41. The predicted molar refractivity (Wildman–Crippen MR) is 78.3 cm³/mol. The number of thioether (sulfide) groups is 1. The van der Waals surface area contributed by atoms with E-state index in [4.69, 9.17) is 11.6 Å². The van der Waals surface area contributed by atoms with Crippen molar-refractivity contribution < 1.29 is 0 Å². The predicted octanol–water partition coefficient (Wildman–Crippen LogP) is 1.80. The fourth-order valence-corrected chi connectivity index (χ4v) is 3.40. The first-order valence-corrected chi connectivity index (χ1v) is 7.86.